The highest BCUT2D eigenvalue weighted by atomic mass is 32.1. The van der Waals surface area contributed by atoms with E-state index in [1.165, 1.54) is 5.56 Å². The molecule has 1 heterocycles. The molecule has 16 heavy (non-hydrogen) atoms. The van der Waals surface area contributed by atoms with Crippen LogP contribution in [0.2, 0.25) is 0 Å². The number of nitrogens with zero attached hydrogens (tertiary/aromatic N) is 2. The number of hydrogen-bond donors (Lipinski definition) is 0. The SMILES string of the molecule is CCn1c(-c2ccccc2)cc(C)nc1=S. The Hall–Kier alpha value is -1.48. The van der Waals surface area contributed by atoms with Gasteiger partial charge in [0.15, 0.2) is 4.77 Å². The van der Waals surface area contributed by atoms with Gasteiger partial charge in [-0.2, -0.15) is 0 Å². The molecular formula is C13H14N2S. The normalized spacial score (nSPS) is 10.4. The molecule has 0 fully saturated rings. The molecule has 1 aromatic carbocycles. The van der Waals surface area contributed by atoms with Crippen molar-refractivity contribution >= 4 is 12.2 Å². The average Bonchev–Trinajstić information content (AvgIpc) is 2.29. The Morgan fingerprint density at radius 1 is 1.25 bits per heavy atom. The van der Waals surface area contributed by atoms with Crippen LogP contribution in [0.5, 0.6) is 0 Å². The van der Waals surface area contributed by atoms with Crippen LogP contribution in [0.15, 0.2) is 36.4 Å². The fraction of sp³-hybridized carbons (Fsp3) is 0.231. The van der Waals surface area contributed by atoms with Crippen molar-refractivity contribution in [2.45, 2.75) is 20.4 Å². The zero-order chi connectivity index (χ0) is 11.5. The molecular weight excluding hydrogens is 216 g/mol. The molecule has 2 rings (SSSR count). The summed E-state index contributed by atoms with van der Waals surface area (Å²) in [5.41, 5.74) is 3.29. The van der Waals surface area contributed by atoms with Gasteiger partial charge in [-0.05, 0) is 37.7 Å². The van der Waals surface area contributed by atoms with Gasteiger partial charge in [0.1, 0.15) is 0 Å². The lowest BCUT2D eigenvalue weighted by atomic mass is 10.1. The molecule has 0 saturated heterocycles. The smallest absolute Gasteiger partial charge is 0.200 e. The van der Waals surface area contributed by atoms with Crippen molar-refractivity contribution in [1.82, 2.24) is 9.55 Å². The summed E-state index contributed by atoms with van der Waals surface area (Å²) in [6.45, 7) is 4.90. The van der Waals surface area contributed by atoms with Crippen LogP contribution in [0.25, 0.3) is 11.3 Å². The van der Waals surface area contributed by atoms with Crippen molar-refractivity contribution in [3.63, 3.8) is 0 Å². The van der Waals surface area contributed by atoms with E-state index in [-0.39, 0.29) is 0 Å². The van der Waals surface area contributed by atoms with E-state index in [1.807, 2.05) is 25.1 Å². The lowest BCUT2D eigenvalue weighted by Crippen LogP contribution is -2.05. The summed E-state index contributed by atoms with van der Waals surface area (Å²) in [7, 11) is 0. The molecule has 0 bridgehead atoms. The maximum atomic E-state index is 5.28. The number of rotatable bonds is 2. The third kappa shape index (κ3) is 2.04. The monoisotopic (exact) mass is 230 g/mol. The van der Waals surface area contributed by atoms with Gasteiger partial charge >= 0.3 is 0 Å². The topological polar surface area (TPSA) is 17.8 Å². The molecule has 0 amide bonds. The second-order valence-corrected chi connectivity index (χ2v) is 4.04. The van der Waals surface area contributed by atoms with Gasteiger partial charge in [-0.3, -0.25) is 0 Å². The predicted molar refractivity (Wildman–Crippen MR) is 68.9 cm³/mol. The minimum atomic E-state index is 0.654. The highest BCUT2D eigenvalue weighted by Crippen LogP contribution is 2.19. The maximum absolute atomic E-state index is 5.28. The third-order valence-electron chi connectivity index (χ3n) is 2.53. The van der Waals surface area contributed by atoms with Crippen molar-refractivity contribution < 1.29 is 0 Å². The number of benzene rings is 1. The quantitative estimate of drug-likeness (QED) is 0.733. The predicted octanol–water partition coefficient (Wildman–Crippen LogP) is 3.61. The van der Waals surface area contributed by atoms with Gasteiger partial charge in [0.05, 0.1) is 5.69 Å². The third-order valence-corrected chi connectivity index (χ3v) is 2.84. The summed E-state index contributed by atoms with van der Waals surface area (Å²) >= 11 is 5.28. The Morgan fingerprint density at radius 3 is 2.56 bits per heavy atom. The van der Waals surface area contributed by atoms with Crippen molar-refractivity contribution in [2.75, 3.05) is 0 Å². The largest absolute Gasteiger partial charge is 0.317 e. The van der Waals surface area contributed by atoms with E-state index in [1.54, 1.807) is 0 Å². The average molecular weight is 230 g/mol. The van der Waals surface area contributed by atoms with E-state index in [0.717, 1.165) is 17.9 Å². The van der Waals surface area contributed by atoms with Crippen LogP contribution in [0, 0.1) is 11.7 Å². The van der Waals surface area contributed by atoms with Gasteiger partial charge < -0.3 is 4.57 Å². The minimum absolute atomic E-state index is 0.654. The maximum Gasteiger partial charge on any atom is 0.200 e. The molecule has 0 aliphatic carbocycles. The van der Waals surface area contributed by atoms with Gasteiger partial charge in [-0.1, -0.05) is 30.3 Å². The Balaban J connectivity index is 2.69. The number of aromatic nitrogens is 2. The van der Waals surface area contributed by atoms with Gasteiger partial charge in [-0.25, -0.2) is 4.98 Å². The van der Waals surface area contributed by atoms with Gasteiger partial charge in [-0.15, -0.1) is 0 Å². The van der Waals surface area contributed by atoms with Gasteiger partial charge in [0, 0.05) is 12.2 Å². The summed E-state index contributed by atoms with van der Waals surface area (Å²) in [6, 6.07) is 12.4. The molecule has 3 heteroatoms. The Bertz CT molecular complexity index is 544. The summed E-state index contributed by atoms with van der Waals surface area (Å²) in [4.78, 5) is 4.31. The van der Waals surface area contributed by atoms with Gasteiger partial charge in [0.2, 0.25) is 0 Å². The first kappa shape index (κ1) is 11.0. The van der Waals surface area contributed by atoms with Crippen LogP contribution in [-0.4, -0.2) is 9.55 Å². The second kappa shape index (κ2) is 4.58. The van der Waals surface area contributed by atoms with Gasteiger partial charge in [0.25, 0.3) is 0 Å². The van der Waals surface area contributed by atoms with Crippen LogP contribution >= 0.6 is 12.2 Å². The van der Waals surface area contributed by atoms with E-state index in [2.05, 4.69) is 34.7 Å². The van der Waals surface area contributed by atoms with Crippen LogP contribution in [-0.2, 0) is 6.54 Å². The molecule has 82 valence electrons. The first-order chi connectivity index (χ1) is 7.72. The number of aryl methyl sites for hydroxylation is 1. The molecule has 2 nitrogen and oxygen atoms in total. The Morgan fingerprint density at radius 2 is 1.94 bits per heavy atom. The highest BCUT2D eigenvalue weighted by molar-refractivity contribution is 7.71. The summed E-state index contributed by atoms with van der Waals surface area (Å²) in [6.07, 6.45) is 0. The van der Waals surface area contributed by atoms with E-state index < -0.39 is 0 Å². The van der Waals surface area contributed by atoms with Crippen molar-refractivity contribution in [2.24, 2.45) is 0 Å². The number of hydrogen-bond acceptors (Lipinski definition) is 2. The molecule has 0 N–H and O–H groups in total. The zero-order valence-corrected chi connectivity index (χ0v) is 10.3. The highest BCUT2D eigenvalue weighted by Gasteiger charge is 2.04. The molecule has 0 radical (unpaired) electrons. The molecule has 0 spiro atoms. The van der Waals surface area contributed by atoms with Crippen molar-refractivity contribution in [1.29, 1.82) is 0 Å². The fourth-order valence-corrected chi connectivity index (χ4v) is 2.15. The lowest BCUT2D eigenvalue weighted by Gasteiger charge is -2.12. The molecule has 2 aromatic rings. The van der Waals surface area contributed by atoms with Crippen molar-refractivity contribution in [3.8, 4) is 11.3 Å². The summed E-state index contributed by atoms with van der Waals surface area (Å²) < 4.78 is 2.71. The Kier molecular flexibility index (Phi) is 3.15. The van der Waals surface area contributed by atoms with Crippen molar-refractivity contribution in [3.05, 3.63) is 46.9 Å². The van der Waals surface area contributed by atoms with Crippen LogP contribution in [0.4, 0.5) is 0 Å². The summed E-state index contributed by atoms with van der Waals surface area (Å²) in [5, 5.41) is 0. The van der Waals surface area contributed by atoms with Crippen LogP contribution in [0.1, 0.15) is 12.6 Å². The minimum Gasteiger partial charge on any atom is -0.317 e. The van der Waals surface area contributed by atoms with E-state index in [0.29, 0.717) is 4.77 Å². The Labute approximate surface area is 101 Å². The molecule has 0 aliphatic heterocycles. The molecule has 0 atom stereocenters. The first-order valence-electron chi connectivity index (χ1n) is 5.36. The first-order valence-corrected chi connectivity index (χ1v) is 5.77. The van der Waals surface area contributed by atoms with E-state index >= 15 is 0 Å². The van der Waals surface area contributed by atoms with Crippen LogP contribution in [0.3, 0.4) is 0 Å². The second-order valence-electron chi connectivity index (χ2n) is 3.68. The lowest BCUT2D eigenvalue weighted by molar-refractivity contribution is 0.724. The zero-order valence-electron chi connectivity index (χ0n) is 9.47. The standard InChI is InChI=1S/C13H14N2S/c1-3-15-12(9-10(2)14-13(15)16)11-7-5-4-6-8-11/h4-9H,3H2,1-2H3. The molecule has 0 aliphatic rings. The molecule has 0 saturated carbocycles. The van der Waals surface area contributed by atoms with E-state index in [9.17, 15) is 0 Å². The van der Waals surface area contributed by atoms with E-state index in [4.69, 9.17) is 12.2 Å². The van der Waals surface area contributed by atoms with Crippen LogP contribution < -0.4 is 0 Å². The summed E-state index contributed by atoms with van der Waals surface area (Å²) in [5.74, 6) is 0. The fourth-order valence-electron chi connectivity index (χ4n) is 1.78. The molecule has 1 aromatic heterocycles. The molecule has 0 unspecified atom stereocenters.